The summed E-state index contributed by atoms with van der Waals surface area (Å²) >= 11 is 9.24. The lowest BCUT2D eigenvalue weighted by Crippen LogP contribution is -2.19. The van der Waals surface area contributed by atoms with Crippen molar-refractivity contribution in [2.45, 2.75) is 13.8 Å². The van der Waals surface area contributed by atoms with Crippen LogP contribution >= 0.6 is 27.5 Å². The van der Waals surface area contributed by atoms with Crippen LogP contribution in [0.1, 0.15) is 13.8 Å². The van der Waals surface area contributed by atoms with Crippen molar-refractivity contribution in [2.75, 3.05) is 18.5 Å². The van der Waals surface area contributed by atoms with Gasteiger partial charge in [-0.2, -0.15) is 0 Å². The predicted molar refractivity (Wildman–Crippen MR) is 84.1 cm³/mol. The Morgan fingerprint density at radius 1 is 1.24 bits per heavy atom. The molecule has 0 aliphatic rings. The summed E-state index contributed by atoms with van der Waals surface area (Å²) in [5, 5.41) is 3.32. The second-order valence-electron chi connectivity index (χ2n) is 3.77. The van der Waals surface area contributed by atoms with Crippen molar-refractivity contribution in [1.82, 2.24) is 0 Å². The van der Waals surface area contributed by atoms with Gasteiger partial charge in [0.15, 0.2) is 5.57 Å². The normalized spacial score (nSPS) is 9.71. The van der Waals surface area contributed by atoms with Crippen molar-refractivity contribution in [3.8, 4) is 0 Å². The van der Waals surface area contributed by atoms with Gasteiger partial charge in [-0.25, -0.2) is 9.59 Å². The zero-order valence-electron chi connectivity index (χ0n) is 11.6. The highest BCUT2D eigenvalue weighted by atomic mass is 79.9. The number of nitrogens with one attached hydrogen (secondary N) is 1. The quantitative estimate of drug-likeness (QED) is 0.356. The fraction of sp³-hybridized carbons (Fsp3) is 0.286. The minimum atomic E-state index is -0.744. The maximum absolute atomic E-state index is 11.7. The van der Waals surface area contributed by atoms with Crippen LogP contribution in [0.4, 0.5) is 5.69 Å². The van der Waals surface area contributed by atoms with Gasteiger partial charge in [-0.15, -0.1) is 0 Å². The van der Waals surface area contributed by atoms with E-state index in [0.717, 1.165) is 4.47 Å². The predicted octanol–water partition coefficient (Wildman–Crippen LogP) is 3.52. The molecule has 1 N–H and O–H groups in total. The molecule has 0 fully saturated rings. The highest BCUT2D eigenvalue weighted by Gasteiger charge is 2.20. The van der Waals surface area contributed by atoms with Crippen LogP contribution in [0, 0.1) is 0 Å². The number of rotatable bonds is 6. The van der Waals surface area contributed by atoms with E-state index in [0.29, 0.717) is 10.7 Å². The first-order valence-corrected chi connectivity index (χ1v) is 7.42. The van der Waals surface area contributed by atoms with Gasteiger partial charge in [0, 0.05) is 16.4 Å². The molecule has 0 atom stereocenters. The van der Waals surface area contributed by atoms with Crippen LogP contribution in [-0.2, 0) is 19.1 Å². The SMILES string of the molecule is CCOC(=O)C(=CNc1ccc(Br)c(Cl)c1)C(=O)OCC. The summed E-state index contributed by atoms with van der Waals surface area (Å²) in [5.41, 5.74) is 0.409. The van der Waals surface area contributed by atoms with E-state index in [4.69, 9.17) is 21.1 Å². The number of halogens is 2. The van der Waals surface area contributed by atoms with Crippen LogP contribution < -0.4 is 5.32 Å². The van der Waals surface area contributed by atoms with Crippen LogP contribution in [0.3, 0.4) is 0 Å². The molecule has 0 saturated heterocycles. The molecule has 0 unspecified atom stereocenters. The van der Waals surface area contributed by atoms with Crippen molar-refractivity contribution < 1.29 is 19.1 Å². The topological polar surface area (TPSA) is 64.6 Å². The zero-order chi connectivity index (χ0) is 15.8. The van der Waals surface area contributed by atoms with Crippen molar-refractivity contribution >= 4 is 45.2 Å². The van der Waals surface area contributed by atoms with Gasteiger partial charge in [-0.1, -0.05) is 11.6 Å². The standard InChI is InChI=1S/C14H15BrClNO4/c1-3-20-13(18)10(14(19)21-4-2)8-17-9-5-6-11(15)12(16)7-9/h5-8,17H,3-4H2,1-2H3. The zero-order valence-corrected chi connectivity index (χ0v) is 14.0. The second-order valence-corrected chi connectivity index (χ2v) is 5.03. The first-order valence-electron chi connectivity index (χ1n) is 6.25. The summed E-state index contributed by atoms with van der Waals surface area (Å²) in [4.78, 5) is 23.5. The molecule has 7 heteroatoms. The summed E-state index contributed by atoms with van der Waals surface area (Å²) in [6.45, 7) is 3.64. The highest BCUT2D eigenvalue weighted by Crippen LogP contribution is 2.25. The fourth-order valence-electron chi connectivity index (χ4n) is 1.36. The van der Waals surface area contributed by atoms with Crippen molar-refractivity contribution in [2.24, 2.45) is 0 Å². The Labute approximate surface area is 136 Å². The average molecular weight is 377 g/mol. The van der Waals surface area contributed by atoms with Crippen LogP contribution in [0.2, 0.25) is 5.02 Å². The van der Waals surface area contributed by atoms with Crippen LogP contribution in [-0.4, -0.2) is 25.2 Å². The number of esters is 2. The lowest BCUT2D eigenvalue weighted by molar-refractivity contribution is -0.146. The molecule has 0 aliphatic heterocycles. The maximum atomic E-state index is 11.7. The molecular weight excluding hydrogens is 362 g/mol. The van der Waals surface area contributed by atoms with E-state index in [1.165, 1.54) is 6.20 Å². The number of carbonyl (C=O) groups is 2. The Kier molecular flexibility index (Phi) is 7.25. The summed E-state index contributed by atoms with van der Waals surface area (Å²) in [5.74, 6) is -1.49. The lowest BCUT2D eigenvalue weighted by Gasteiger charge is -2.08. The molecule has 0 bridgehead atoms. The molecule has 0 radical (unpaired) electrons. The number of benzene rings is 1. The summed E-state index contributed by atoms with van der Waals surface area (Å²) in [6, 6.07) is 5.13. The van der Waals surface area contributed by atoms with Crippen LogP contribution in [0.25, 0.3) is 0 Å². The molecule has 0 amide bonds. The monoisotopic (exact) mass is 375 g/mol. The lowest BCUT2D eigenvalue weighted by atomic mass is 10.2. The fourth-order valence-corrected chi connectivity index (χ4v) is 1.79. The van der Waals surface area contributed by atoms with Gasteiger partial charge in [-0.05, 0) is 48.0 Å². The Morgan fingerprint density at radius 3 is 2.29 bits per heavy atom. The minimum absolute atomic E-state index is 0.166. The van der Waals surface area contributed by atoms with E-state index in [1.54, 1.807) is 32.0 Å². The molecule has 0 saturated carbocycles. The van der Waals surface area contributed by atoms with Gasteiger partial charge < -0.3 is 14.8 Å². The largest absolute Gasteiger partial charge is 0.462 e. The molecule has 0 aliphatic carbocycles. The van der Waals surface area contributed by atoms with E-state index in [1.807, 2.05) is 0 Å². The third-order valence-electron chi connectivity index (χ3n) is 2.29. The van der Waals surface area contributed by atoms with Gasteiger partial charge in [0.2, 0.25) is 0 Å². The van der Waals surface area contributed by atoms with E-state index < -0.39 is 11.9 Å². The Hall–Kier alpha value is -1.53. The van der Waals surface area contributed by atoms with Crippen molar-refractivity contribution in [1.29, 1.82) is 0 Å². The average Bonchev–Trinajstić information content (AvgIpc) is 2.43. The van der Waals surface area contributed by atoms with Gasteiger partial charge in [0.1, 0.15) is 0 Å². The van der Waals surface area contributed by atoms with E-state index in [9.17, 15) is 9.59 Å². The molecular formula is C14H15BrClNO4. The molecule has 1 rings (SSSR count). The molecule has 5 nitrogen and oxygen atoms in total. The van der Waals surface area contributed by atoms with Gasteiger partial charge >= 0.3 is 11.9 Å². The van der Waals surface area contributed by atoms with E-state index >= 15 is 0 Å². The van der Waals surface area contributed by atoms with Crippen LogP contribution in [0.15, 0.2) is 34.4 Å². The van der Waals surface area contributed by atoms with Gasteiger partial charge in [-0.3, -0.25) is 0 Å². The molecule has 1 aromatic rings. The first kappa shape index (κ1) is 17.5. The van der Waals surface area contributed by atoms with Crippen molar-refractivity contribution in [3.05, 3.63) is 39.5 Å². The number of hydrogen-bond acceptors (Lipinski definition) is 5. The highest BCUT2D eigenvalue weighted by molar-refractivity contribution is 9.10. The van der Waals surface area contributed by atoms with Gasteiger partial charge in [0.25, 0.3) is 0 Å². The Balaban J connectivity index is 2.93. The number of ether oxygens (including phenoxy) is 2. The third kappa shape index (κ3) is 5.40. The number of anilines is 1. The molecule has 0 spiro atoms. The summed E-state index contributed by atoms with van der Waals surface area (Å²) in [7, 11) is 0. The number of hydrogen-bond donors (Lipinski definition) is 1. The molecule has 0 aromatic heterocycles. The summed E-state index contributed by atoms with van der Waals surface area (Å²) < 4.78 is 10.4. The molecule has 1 aromatic carbocycles. The van der Waals surface area contributed by atoms with E-state index in [-0.39, 0.29) is 18.8 Å². The Bertz CT molecular complexity index is 540. The molecule has 21 heavy (non-hydrogen) atoms. The molecule has 0 heterocycles. The van der Waals surface area contributed by atoms with Gasteiger partial charge in [0.05, 0.1) is 18.2 Å². The maximum Gasteiger partial charge on any atom is 0.347 e. The summed E-state index contributed by atoms with van der Waals surface area (Å²) in [6.07, 6.45) is 1.25. The van der Waals surface area contributed by atoms with E-state index in [2.05, 4.69) is 21.2 Å². The number of carbonyl (C=O) groups excluding carboxylic acids is 2. The van der Waals surface area contributed by atoms with Crippen molar-refractivity contribution in [3.63, 3.8) is 0 Å². The second kappa shape index (κ2) is 8.69. The Morgan fingerprint density at radius 2 is 1.81 bits per heavy atom. The first-order chi connectivity index (χ1) is 9.99. The third-order valence-corrected chi connectivity index (χ3v) is 3.53. The molecule has 114 valence electrons. The minimum Gasteiger partial charge on any atom is -0.462 e. The smallest absolute Gasteiger partial charge is 0.347 e. The van der Waals surface area contributed by atoms with Crippen LogP contribution in [0.5, 0.6) is 0 Å².